The molecule has 0 N–H and O–H groups in total. The number of methoxy groups -OCH3 is 1. The Labute approximate surface area is 105 Å². The Bertz CT molecular complexity index is 411. The quantitative estimate of drug-likeness (QED) is 0.767. The molecule has 0 spiro atoms. The number of thioether (sulfide) groups is 1. The van der Waals surface area contributed by atoms with Crippen LogP contribution in [0.25, 0.3) is 0 Å². The van der Waals surface area contributed by atoms with E-state index in [0.29, 0.717) is 12.1 Å². The van der Waals surface area contributed by atoms with Crippen molar-refractivity contribution < 1.29 is 9.53 Å². The van der Waals surface area contributed by atoms with E-state index in [2.05, 4.69) is 4.98 Å². The average molecular weight is 252 g/mol. The molecule has 92 valence electrons. The summed E-state index contributed by atoms with van der Waals surface area (Å²) in [5.41, 5.74) is 0.691. The summed E-state index contributed by atoms with van der Waals surface area (Å²) in [6.45, 7) is 1.44. The Morgan fingerprint density at radius 2 is 2.47 bits per heavy atom. The molecular weight excluding hydrogens is 236 g/mol. The van der Waals surface area contributed by atoms with Crippen LogP contribution < -0.4 is 0 Å². The number of nitrogens with zero attached hydrogens (tertiary/aromatic N) is 2. The number of ether oxygens (including phenoxy) is 1. The Hall–Kier alpha value is -1.07. The molecule has 0 unspecified atom stereocenters. The summed E-state index contributed by atoms with van der Waals surface area (Å²) in [7, 11) is 1.69. The Morgan fingerprint density at radius 3 is 3.12 bits per heavy atom. The Morgan fingerprint density at radius 1 is 1.65 bits per heavy atom. The molecule has 1 fully saturated rings. The highest BCUT2D eigenvalue weighted by Gasteiger charge is 2.27. The van der Waals surface area contributed by atoms with Gasteiger partial charge in [0.25, 0.3) is 5.91 Å². The van der Waals surface area contributed by atoms with Gasteiger partial charge in [0.1, 0.15) is 5.03 Å². The topological polar surface area (TPSA) is 42.4 Å². The van der Waals surface area contributed by atoms with Crippen molar-refractivity contribution in [1.29, 1.82) is 0 Å². The van der Waals surface area contributed by atoms with Crippen LogP contribution in [0.5, 0.6) is 0 Å². The van der Waals surface area contributed by atoms with Crippen LogP contribution >= 0.6 is 11.8 Å². The van der Waals surface area contributed by atoms with Crippen LogP contribution in [-0.2, 0) is 4.74 Å². The SMILES string of the molecule is CO[C@@H]1CCN(C(=O)c2cccnc2SC)C1. The minimum atomic E-state index is 0.0574. The molecule has 2 heterocycles. The third-order valence-electron chi connectivity index (χ3n) is 2.96. The van der Waals surface area contributed by atoms with Gasteiger partial charge in [-0.25, -0.2) is 4.98 Å². The Balaban J connectivity index is 2.15. The molecule has 0 aliphatic carbocycles. The van der Waals surface area contributed by atoms with Crippen LogP contribution in [0.4, 0.5) is 0 Å². The van der Waals surface area contributed by atoms with E-state index in [1.807, 2.05) is 17.2 Å². The van der Waals surface area contributed by atoms with Crippen molar-refractivity contribution in [3.63, 3.8) is 0 Å². The molecule has 1 atom stereocenters. The van der Waals surface area contributed by atoms with Gasteiger partial charge in [-0.1, -0.05) is 0 Å². The van der Waals surface area contributed by atoms with E-state index in [1.54, 1.807) is 19.4 Å². The highest BCUT2D eigenvalue weighted by molar-refractivity contribution is 7.98. The molecule has 1 aliphatic rings. The lowest BCUT2D eigenvalue weighted by molar-refractivity contribution is 0.0720. The number of amides is 1. The zero-order valence-corrected chi connectivity index (χ0v) is 10.9. The zero-order valence-electron chi connectivity index (χ0n) is 10.0. The zero-order chi connectivity index (χ0) is 12.3. The van der Waals surface area contributed by atoms with E-state index in [9.17, 15) is 4.79 Å². The van der Waals surface area contributed by atoms with Crippen LogP contribution in [0.1, 0.15) is 16.8 Å². The van der Waals surface area contributed by atoms with Gasteiger partial charge in [0.05, 0.1) is 11.7 Å². The van der Waals surface area contributed by atoms with Gasteiger partial charge in [-0.05, 0) is 24.8 Å². The summed E-state index contributed by atoms with van der Waals surface area (Å²) in [5, 5.41) is 0.790. The number of likely N-dealkylation sites (tertiary alicyclic amines) is 1. The maximum atomic E-state index is 12.3. The molecule has 17 heavy (non-hydrogen) atoms. The smallest absolute Gasteiger partial charge is 0.256 e. The molecule has 1 aliphatic heterocycles. The maximum absolute atomic E-state index is 12.3. The van der Waals surface area contributed by atoms with Crippen LogP contribution in [-0.4, -0.2) is 48.4 Å². The molecule has 0 aromatic carbocycles. The first-order valence-electron chi connectivity index (χ1n) is 5.57. The standard InChI is InChI=1S/C12H16N2O2S/c1-16-9-5-7-14(8-9)12(15)10-4-3-6-13-11(10)17-2/h3-4,6,9H,5,7-8H2,1-2H3/t9-/m1/s1. The number of carbonyl (C=O) groups excluding carboxylic acids is 1. The summed E-state index contributed by atoms with van der Waals surface area (Å²) >= 11 is 1.50. The molecule has 1 amide bonds. The molecular formula is C12H16N2O2S. The first-order chi connectivity index (χ1) is 8.26. The highest BCUT2D eigenvalue weighted by atomic mass is 32.2. The summed E-state index contributed by atoms with van der Waals surface area (Å²) in [6, 6.07) is 3.64. The van der Waals surface area contributed by atoms with Gasteiger partial charge < -0.3 is 9.64 Å². The number of pyridine rings is 1. The second kappa shape index (κ2) is 5.51. The summed E-state index contributed by atoms with van der Waals surface area (Å²) in [4.78, 5) is 18.4. The lowest BCUT2D eigenvalue weighted by Crippen LogP contribution is -2.30. The fourth-order valence-corrected chi connectivity index (χ4v) is 2.53. The van der Waals surface area contributed by atoms with Crippen LogP contribution in [0.15, 0.2) is 23.4 Å². The van der Waals surface area contributed by atoms with E-state index in [-0.39, 0.29) is 12.0 Å². The minimum absolute atomic E-state index is 0.0574. The molecule has 0 bridgehead atoms. The lowest BCUT2D eigenvalue weighted by atomic mass is 10.2. The third kappa shape index (κ3) is 2.61. The van der Waals surface area contributed by atoms with Gasteiger partial charge in [0.2, 0.25) is 0 Å². The first kappa shape index (κ1) is 12.4. The number of carbonyl (C=O) groups is 1. The van der Waals surface area contributed by atoms with Crippen molar-refractivity contribution in [3.05, 3.63) is 23.9 Å². The molecule has 4 nitrogen and oxygen atoms in total. The van der Waals surface area contributed by atoms with E-state index < -0.39 is 0 Å². The lowest BCUT2D eigenvalue weighted by Gasteiger charge is -2.17. The van der Waals surface area contributed by atoms with Crippen molar-refractivity contribution in [3.8, 4) is 0 Å². The second-order valence-electron chi connectivity index (χ2n) is 3.96. The number of hydrogen-bond acceptors (Lipinski definition) is 4. The van der Waals surface area contributed by atoms with E-state index in [0.717, 1.165) is 18.0 Å². The summed E-state index contributed by atoms with van der Waals surface area (Å²) in [5.74, 6) is 0.0574. The number of hydrogen-bond donors (Lipinski definition) is 0. The largest absolute Gasteiger partial charge is 0.380 e. The van der Waals surface area contributed by atoms with Gasteiger partial charge in [-0.2, -0.15) is 0 Å². The van der Waals surface area contributed by atoms with Gasteiger partial charge in [-0.3, -0.25) is 4.79 Å². The van der Waals surface area contributed by atoms with Crippen LogP contribution in [0.2, 0.25) is 0 Å². The van der Waals surface area contributed by atoms with Crippen molar-refractivity contribution in [2.24, 2.45) is 0 Å². The van der Waals surface area contributed by atoms with Crippen molar-refractivity contribution in [2.45, 2.75) is 17.6 Å². The van der Waals surface area contributed by atoms with Crippen molar-refractivity contribution in [2.75, 3.05) is 26.5 Å². The molecule has 5 heteroatoms. The first-order valence-corrected chi connectivity index (χ1v) is 6.79. The predicted octanol–water partition coefficient (Wildman–Crippen LogP) is 1.66. The molecule has 0 radical (unpaired) electrons. The van der Waals surface area contributed by atoms with Crippen molar-refractivity contribution >= 4 is 17.7 Å². The number of rotatable bonds is 3. The molecule has 2 rings (SSSR count). The molecule has 0 saturated carbocycles. The maximum Gasteiger partial charge on any atom is 0.256 e. The van der Waals surface area contributed by atoms with E-state index >= 15 is 0 Å². The molecule has 1 saturated heterocycles. The Kier molecular flexibility index (Phi) is 4.02. The monoisotopic (exact) mass is 252 g/mol. The van der Waals surface area contributed by atoms with Gasteiger partial charge >= 0.3 is 0 Å². The summed E-state index contributed by atoms with van der Waals surface area (Å²) in [6.07, 6.45) is 4.73. The fourth-order valence-electron chi connectivity index (χ4n) is 1.99. The van der Waals surface area contributed by atoms with Gasteiger partial charge in [0.15, 0.2) is 0 Å². The number of aromatic nitrogens is 1. The van der Waals surface area contributed by atoms with Gasteiger partial charge in [0, 0.05) is 26.4 Å². The highest BCUT2D eigenvalue weighted by Crippen LogP contribution is 2.21. The third-order valence-corrected chi connectivity index (χ3v) is 3.67. The van der Waals surface area contributed by atoms with Crippen LogP contribution in [0, 0.1) is 0 Å². The normalized spacial score (nSPS) is 19.6. The average Bonchev–Trinajstić information content (AvgIpc) is 2.86. The van der Waals surface area contributed by atoms with Crippen LogP contribution in [0.3, 0.4) is 0 Å². The van der Waals surface area contributed by atoms with Crippen molar-refractivity contribution in [1.82, 2.24) is 9.88 Å². The second-order valence-corrected chi connectivity index (χ2v) is 4.75. The minimum Gasteiger partial charge on any atom is -0.380 e. The predicted molar refractivity (Wildman–Crippen MR) is 67.3 cm³/mol. The van der Waals surface area contributed by atoms with Gasteiger partial charge in [-0.15, -0.1) is 11.8 Å². The van der Waals surface area contributed by atoms with E-state index in [1.165, 1.54) is 11.8 Å². The molecule has 1 aromatic heterocycles. The van der Waals surface area contributed by atoms with E-state index in [4.69, 9.17) is 4.74 Å². The fraction of sp³-hybridized carbons (Fsp3) is 0.500. The molecule has 1 aromatic rings. The summed E-state index contributed by atoms with van der Waals surface area (Å²) < 4.78 is 5.27.